The Bertz CT molecular complexity index is 709. The Morgan fingerprint density at radius 1 is 1.04 bits per heavy atom. The van der Waals surface area contributed by atoms with Crippen LogP contribution in [0, 0.1) is 0 Å². The molecule has 1 fully saturated rings. The van der Waals surface area contributed by atoms with Gasteiger partial charge in [-0.15, -0.1) is 0 Å². The van der Waals surface area contributed by atoms with E-state index in [0.29, 0.717) is 0 Å². The van der Waals surface area contributed by atoms with Gasteiger partial charge in [-0.2, -0.15) is 0 Å². The first-order valence-corrected chi connectivity index (χ1v) is 9.64. The fourth-order valence-electron chi connectivity index (χ4n) is 3.19. The van der Waals surface area contributed by atoms with Crippen LogP contribution in [0.3, 0.4) is 0 Å². The normalized spacial score (nSPS) is 16.7. The molecule has 1 unspecified atom stereocenters. The summed E-state index contributed by atoms with van der Waals surface area (Å²) in [5.41, 5.74) is 3.84. The van der Waals surface area contributed by atoms with Gasteiger partial charge in [0, 0.05) is 33.2 Å². The van der Waals surface area contributed by atoms with Crippen LogP contribution in [0.5, 0.6) is 0 Å². The van der Waals surface area contributed by atoms with Gasteiger partial charge in [-0.25, -0.2) is 0 Å². The molecule has 0 aromatic heterocycles. The van der Waals surface area contributed by atoms with Crippen molar-refractivity contribution in [3.8, 4) is 0 Å². The molecular formula is C22H30N4O. The van der Waals surface area contributed by atoms with E-state index in [1.54, 1.807) is 7.05 Å². The van der Waals surface area contributed by atoms with Crippen LogP contribution in [0.2, 0.25) is 0 Å². The molecule has 1 saturated heterocycles. The van der Waals surface area contributed by atoms with Gasteiger partial charge >= 0.3 is 0 Å². The highest BCUT2D eigenvalue weighted by atomic mass is 16.5. The van der Waals surface area contributed by atoms with Crippen molar-refractivity contribution in [3.63, 3.8) is 0 Å². The Kier molecular flexibility index (Phi) is 7.25. The molecule has 1 aliphatic rings. The maximum atomic E-state index is 5.41. The summed E-state index contributed by atoms with van der Waals surface area (Å²) < 4.78 is 5.41. The minimum atomic E-state index is 0.202. The summed E-state index contributed by atoms with van der Waals surface area (Å²) >= 11 is 0. The summed E-state index contributed by atoms with van der Waals surface area (Å²) in [5.74, 6) is 0.809. The standard InChI is InChI=1S/C22H30N4O/c1-18(21-6-4-3-5-7-21)25-22(23-2)24-16-19-8-10-20(11-9-19)17-26-12-14-27-15-13-26/h3-11,18H,12-17H2,1-2H3,(H2,23,24,25). The van der Waals surface area contributed by atoms with E-state index in [1.807, 2.05) is 6.07 Å². The Hall–Kier alpha value is -2.37. The second-order valence-electron chi connectivity index (χ2n) is 6.91. The second-order valence-corrected chi connectivity index (χ2v) is 6.91. The third-order valence-corrected chi connectivity index (χ3v) is 4.87. The number of rotatable bonds is 6. The van der Waals surface area contributed by atoms with Crippen molar-refractivity contribution >= 4 is 5.96 Å². The lowest BCUT2D eigenvalue weighted by Crippen LogP contribution is -2.38. The van der Waals surface area contributed by atoms with Gasteiger partial charge in [-0.3, -0.25) is 9.89 Å². The number of ether oxygens (including phenoxy) is 1. The van der Waals surface area contributed by atoms with Crippen LogP contribution < -0.4 is 10.6 Å². The van der Waals surface area contributed by atoms with Gasteiger partial charge in [0.25, 0.3) is 0 Å². The zero-order chi connectivity index (χ0) is 18.9. The fourth-order valence-corrected chi connectivity index (χ4v) is 3.19. The molecule has 144 valence electrons. The van der Waals surface area contributed by atoms with E-state index in [4.69, 9.17) is 4.74 Å². The minimum Gasteiger partial charge on any atom is -0.379 e. The molecule has 2 aromatic rings. The molecular weight excluding hydrogens is 336 g/mol. The summed E-state index contributed by atoms with van der Waals surface area (Å²) in [7, 11) is 1.80. The highest BCUT2D eigenvalue weighted by Gasteiger charge is 2.11. The predicted octanol–water partition coefficient (Wildman–Crippen LogP) is 2.95. The molecule has 0 bridgehead atoms. The zero-order valence-electron chi connectivity index (χ0n) is 16.3. The van der Waals surface area contributed by atoms with Crippen LogP contribution in [0.1, 0.15) is 29.7 Å². The highest BCUT2D eigenvalue weighted by Crippen LogP contribution is 2.11. The minimum absolute atomic E-state index is 0.202. The molecule has 0 radical (unpaired) electrons. The number of aliphatic imine (C=N–C) groups is 1. The smallest absolute Gasteiger partial charge is 0.191 e. The Morgan fingerprint density at radius 3 is 2.37 bits per heavy atom. The van der Waals surface area contributed by atoms with Crippen LogP contribution in [-0.4, -0.2) is 44.2 Å². The molecule has 27 heavy (non-hydrogen) atoms. The fraction of sp³-hybridized carbons (Fsp3) is 0.409. The van der Waals surface area contributed by atoms with Gasteiger partial charge < -0.3 is 15.4 Å². The molecule has 1 atom stereocenters. The molecule has 1 heterocycles. The number of nitrogens with one attached hydrogen (secondary N) is 2. The van der Waals surface area contributed by atoms with Crippen molar-refractivity contribution in [2.45, 2.75) is 26.1 Å². The molecule has 0 amide bonds. The largest absolute Gasteiger partial charge is 0.379 e. The van der Waals surface area contributed by atoms with E-state index >= 15 is 0 Å². The van der Waals surface area contributed by atoms with E-state index in [0.717, 1.165) is 45.4 Å². The molecule has 5 nitrogen and oxygen atoms in total. The van der Waals surface area contributed by atoms with Gasteiger partial charge in [0.05, 0.1) is 19.3 Å². The number of guanidine groups is 1. The third-order valence-electron chi connectivity index (χ3n) is 4.87. The van der Waals surface area contributed by atoms with Gasteiger partial charge in [-0.1, -0.05) is 54.6 Å². The highest BCUT2D eigenvalue weighted by molar-refractivity contribution is 5.80. The lowest BCUT2D eigenvalue weighted by Gasteiger charge is -2.26. The number of benzene rings is 2. The van der Waals surface area contributed by atoms with Gasteiger partial charge in [-0.05, 0) is 23.6 Å². The van der Waals surface area contributed by atoms with Crippen LogP contribution in [0.25, 0.3) is 0 Å². The first-order chi connectivity index (χ1) is 13.2. The SMILES string of the molecule is CN=C(NCc1ccc(CN2CCOCC2)cc1)NC(C)c1ccccc1. The predicted molar refractivity (Wildman–Crippen MR) is 111 cm³/mol. The molecule has 3 rings (SSSR count). The second kappa shape index (κ2) is 10.1. The summed E-state index contributed by atoms with van der Waals surface area (Å²) in [4.78, 5) is 6.78. The monoisotopic (exact) mass is 366 g/mol. The number of hydrogen-bond acceptors (Lipinski definition) is 3. The summed E-state index contributed by atoms with van der Waals surface area (Å²) in [6.45, 7) is 7.61. The van der Waals surface area contributed by atoms with Crippen LogP contribution in [0.15, 0.2) is 59.6 Å². The molecule has 0 spiro atoms. The van der Waals surface area contributed by atoms with Gasteiger partial charge in [0.15, 0.2) is 5.96 Å². The van der Waals surface area contributed by atoms with Crippen molar-refractivity contribution in [3.05, 3.63) is 71.3 Å². The van der Waals surface area contributed by atoms with Crippen LogP contribution in [-0.2, 0) is 17.8 Å². The third kappa shape index (κ3) is 6.08. The summed E-state index contributed by atoms with van der Waals surface area (Å²) in [6.07, 6.45) is 0. The van der Waals surface area contributed by atoms with Gasteiger partial charge in [0.1, 0.15) is 0 Å². The van der Waals surface area contributed by atoms with Crippen molar-refractivity contribution in [2.75, 3.05) is 33.4 Å². The Morgan fingerprint density at radius 2 is 1.70 bits per heavy atom. The molecule has 1 aliphatic heterocycles. The lowest BCUT2D eigenvalue weighted by atomic mass is 10.1. The first-order valence-electron chi connectivity index (χ1n) is 9.64. The van der Waals surface area contributed by atoms with Crippen LogP contribution in [0.4, 0.5) is 0 Å². The Labute approximate surface area is 162 Å². The van der Waals surface area contributed by atoms with Crippen LogP contribution >= 0.6 is 0 Å². The zero-order valence-corrected chi connectivity index (χ0v) is 16.3. The first kappa shape index (κ1) is 19.4. The lowest BCUT2D eigenvalue weighted by molar-refractivity contribution is 0.0342. The van der Waals surface area contributed by atoms with Crippen molar-refractivity contribution in [1.82, 2.24) is 15.5 Å². The van der Waals surface area contributed by atoms with Crippen molar-refractivity contribution in [2.24, 2.45) is 4.99 Å². The van der Waals surface area contributed by atoms with E-state index in [2.05, 4.69) is 76.0 Å². The topological polar surface area (TPSA) is 48.9 Å². The molecule has 2 aromatic carbocycles. The van der Waals surface area contributed by atoms with Gasteiger partial charge in [0.2, 0.25) is 0 Å². The molecule has 0 aliphatic carbocycles. The summed E-state index contributed by atoms with van der Waals surface area (Å²) in [6, 6.07) is 19.4. The maximum Gasteiger partial charge on any atom is 0.191 e. The average Bonchev–Trinajstić information content (AvgIpc) is 2.73. The molecule has 5 heteroatoms. The Balaban J connectivity index is 1.48. The van der Waals surface area contributed by atoms with E-state index < -0.39 is 0 Å². The summed E-state index contributed by atoms with van der Waals surface area (Å²) in [5, 5.41) is 6.84. The van der Waals surface area contributed by atoms with E-state index in [-0.39, 0.29) is 6.04 Å². The quantitative estimate of drug-likeness (QED) is 0.610. The van der Waals surface area contributed by atoms with E-state index in [1.165, 1.54) is 16.7 Å². The number of nitrogens with zero attached hydrogens (tertiary/aromatic N) is 2. The van der Waals surface area contributed by atoms with Crippen molar-refractivity contribution < 1.29 is 4.74 Å². The number of morpholine rings is 1. The van der Waals surface area contributed by atoms with E-state index in [9.17, 15) is 0 Å². The maximum absolute atomic E-state index is 5.41. The molecule has 0 saturated carbocycles. The average molecular weight is 367 g/mol. The molecule has 2 N–H and O–H groups in total. The number of hydrogen-bond donors (Lipinski definition) is 2. The van der Waals surface area contributed by atoms with Crippen molar-refractivity contribution in [1.29, 1.82) is 0 Å².